The molecular formula is C14H18BrCl2NO2. The molecule has 1 aromatic carbocycles. The van der Waals surface area contributed by atoms with Crippen molar-refractivity contribution in [3.8, 4) is 5.75 Å². The summed E-state index contributed by atoms with van der Waals surface area (Å²) in [5.74, 6) is 0.829. The van der Waals surface area contributed by atoms with Gasteiger partial charge in [0.15, 0.2) is 0 Å². The Kier molecular flexibility index (Phi) is 8.57. The van der Waals surface area contributed by atoms with Crippen molar-refractivity contribution < 1.29 is 9.47 Å². The molecule has 3 nitrogen and oxygen atoms in total. The summed E-state index contributed by atoms with van der Waals surface area (Å²) in [4.78, 5) is 0. The van der Waals surface area contributed by atoms with Crippen LogP contribution in [0.25, 0.3) is 0 Å². The first-order valence-electron chi connectivity index (χ1n) is 6.14. The SMILES string of the molecule is COCCNCc1cc(Br)cc(C)c1OC/C(Cl)=C/Cl. The van der Waals surface area contributed by atoms with Crippen LogP contribution < -0.4 is 10.1 Å². The molecule has 0 saturated heterocycles. The lowest BCUT2D eigenvalue weighted by atomic mass is 10.1. The third-order valence-corrected chi connectivity index (χ3v) is 3.64. The van der Waals surface area contributed by atoms with Gasteiger partial charge in [-0.25, -0.2) is 0 Å². The minimum absolute atomic E-state index is 0.262. The fraction of sp³-hybridized carbons (Fsp3) is 0.429. The normalized spacial score (nSPS) is 11.8. The van der Waals surface area contributed by atoms with Crippen LogP contribution in [0.5, 0.6) is 5.75 Å². The molecule has 0 radical (unpaired) electrons. The third kappa shape index (κ3) is 6.02. The summed E-state index contributed by atoms with van der Waals surface area (Å²) < 4.78 is 11.8. The zero-order valence-corrected chi connectivity index (χ0v) is 14.6. The molecule has 0 unspecified atom stereocenters. The second kappa shape index (κ2) is 9.64. The third-order valence-electron chi connectivity index (χ3n) is 2.59. The van der Waals surface area contributed by atoms with Crippen molar-refractivity contribution >= 4 is 39.1 Å². The molecule has 1 aromatic rings. The maximum absolute atomic E-state index is 5.86. The van der Waals surface area contributed by atoms with E-state index >= 15 is 0 Å². The number of nitrogens with one attached hydrogen (secondary N) is 1. The summed E-state index contributed by atoms with van der Waals surface area (Å²) in [6.07, 6.45) is 0. The minimum Gasteiger partial charge on any atom is -0.487 e. The molecule has 0 aliphatic heterocycles. The monoisotopic (exact) mass is 381 g/mol. The Bertz CT molecular complexity index is 467. The fourth-order valence-corrected chi connectivity index (χ4v) is 2.44. The second-order valence-corrected chi connectivity index (χ2v) is 5.84. The lowest BCUT2D eigenvalue weighted by Gasteiger charge is -2.15. The predicted molar refractivity (Wildman–Crippen MR) is 87.7 cm³/mol. The van der Waals surface area contributed by atoms with Gasteiger partial charge in [0.1, 0.15) is 12.4 Å². The molecule has 112 valence electrons. The zero-order valence-electron chi connectivity index (χ0n) is 11.5. The van der Waals surface area contributed by atoms with Crippen molar-refractivity contribution in [2.45, 2.75) is 13.5 Å². The Labute approximate surface area is 138 Å². The Morgan fingerprint density at radius 3 is 2.85 bits per heavy atom. The number of methoxy groups -OCH3 is 1. The van der Waals surface area contributed by atoms with Crippen molar-refractivity contribution in [1.29, 1.82) is 0 Å². The average Bonchev–Trinajstić information content (AvgIpc) is 2.42. The van der Waals surface area contributed by atoms with Gasteiger partial charge in [0.25, 0.3) is 0 Å². The number of ether oxygens (including phenoxy) is 2. The van der Waals surface area contributed by atoms with E-state index < -0.39 is 0 Å². The standard InChI is InChI=1S/C14H18BrCl2NO2/c1-10-5-12(15)6-11(8-18-3-4-19-2)14(10)20-9-13(17)7-16/h5-7,18H,3-4,8-9H2,1-2H3/b13-7-. The van der Waals surface area contributed by atoms with Gasteiger partial charge in [-0.3, -0.25) is 0 Å². The van der Waals surface area contributed by atoms with Crippen LogP contribution >= 0.6 is 39.1 Å². The number of aryl methyl sites for hydroxylation is 1. The van der Waals surface area contributed by atoms with Crippen LogP contribution in [0.3, 0.4) is 0 Å². The molecule has 0 fully saturated rings. The Morgan fingerprint density at radius 2 is 2.20 bits per heavy atom. The first-order valence-corrected chi connectivity index (χ1v) is 7.75. The van der Waals surface area contributed by atoms with Gasteiger partial charge < -0.3 is 14.8 Å². The molecule has 0 bridgehead atoms. The predicted octanol–water partition coefficient (Wildman–Crippen LogP) is 4.19. The molecule has 1 rings (SSSR count). The zero-order chi connectivity index (χ0) is 15.0. The van der Waals surface area contributed by atoms with Crippen LogP contribution in [-0.2, 0) is 11.3 Å². The van der Waals surface area contributed by atoms with Crippen molar-refractivity contribution in [3.05, 3.63) is 38.3 Å². The van der Waals surface area contributed by atoms with E-state index in [1.165, 1.54) is 5.54 Å². The van der Waals surface area contributed by atoms with Gasteiger partial charge in [-0.2, -0.15) is 0 Å². The first kappa shape index (κ1) is 17.8. The molecular weight excluding hydrogens is 365 g/mol. The van der Waals surface area contributed by atoms with Crippen LogP contribution in [0.1, 0.15) is 11.1 Å². The summed E-state index contributed by atoms with van der Waals surface area (Å²) in [6.45, 7) is 4.41. The molecule has 0 aliphatic rings. The van der Waals surface area contributed by atoms with E-state index in [1.54, 1.807) is 7.11 Å². The van der Waals surface area contributed by atoms with Crippen molar-refractivity contribution in [1.82, 2.24) is 5.32 Å². The maximum atomic E-state index is 5.86. The van der Waals surface area contributed by atoms with E-state index in [0.29, 0.717) is 18.2 Å². The smallest absolute Gasteiger partial charge is 0.127 e. The molecule has 0 aliphatic carbocycles. The highest BCUT2D eigenvalue weighted by atomic mass is 79.9. The maximum Gasteiger partial charge on any atom is 0.127 e. The number of hydrogen-bond acceptors (Lipinski definition) is 3. The first-order chi connectivity index (χ1) is 9.58. The fourth-order valence-electron chi connectivity index (χ4n) is 1.71. The summed E-state index contributed by atoms with van der Waals surface area (Å²) in [7, 11) is 1.68. The van der Waals surface area contributed by atoms with Crippen LogP contribution in [0.4, 0.5) is 0 Å². The molecule has 0 spiro atoms. The van der Waals surface area contributed by atoms with Crippen molar-refractivity contribution in [3.63, 3.8) is 0 Å². The van der Waals surface area contributed by atoms with E-state index in [-0.39, 0.29) is 6.61 Å². The topological polar surface area (TPSA) is 30.5 Å². The van der Waals surface area contributed by atoms with Gasteiger partial charge in [-0.15, -0.1) is 0 Å². The highest BCUT2D eigenvalue weighted by molar-refractivity contribution is 9.10. The Morgan fingerprint density at radius 1 is 1.45 bits per heavy atom. The summed E-state index contributed by atoms with van der Waals surface area (Å²) in [5.41, 5.74) is 3.42. The van der Waals surface area contributed by atoms with Gasteiger partial charge in [-0.05, 0) is 24.6 Å². The van der Waals surface area contributed by atoms with Gasteiger partial charge in [0.2, 0.25) is 0 Å². The lowest BCUT2D eigenvalue weighted by molar-refractivity contribution is 0.199. The van der Waals surface area contributed by atoms with Crippen LogP contribution in [0.15, 0.2) is 27.2 Å². The van der Waals surface area contributed by atoms with Crippen molar-refractivity contribution in [2.24, 2.45) is 0 Å². The van der Waals surface area contributed by atoms with Gasteiger partial charge >= 0.3 is 0 Å². The van der Waals surface area contributed by atoms with Crippen molar-refractivity contribution in [2.75, 3.05) is 26.9 Å². The number of rotatable bonds is 8. The minimum atomic E-state index is 0.262. The van der Waals surface area contributed by atoms with E-state index in [0.717, 1.165) is 27.9 Å². The number of benzene rings is 1. The Hall–Kier alpha value is -0.260. The second-order valence-electron chi connectivity index (χ2n) is 4.23. The highest BCUT2D eigenvalue weighted by Crippen LogP contribution is 2.28. The van der Waals surface area contributed by atoms with Crippen LogP contribution in [0.2, 0.25) is 0 Å². The van der Waals surface area contributed by atoms with Gasteiger partial charge in [0, 0.05) is 35.8 Å². The summed E-state index contributed by atoms with van der Waals surface area (Å²) >= 11 is 14.9. The molecule has 0 heterocycles. The lowest BCUT2D eigenvalue weighted by Crippen LogP contribution is -2.19. The van der Waals surface area contributed by atoms with E-state index in [1.807, 2.05) is 19.1 Å². The average molecular weight is 383 g/mol. The highest BCUT2D eigenvalue weighted by Gasteiger charge is 2.09. The van der Waals surface area contributed by atoms with Gasteiger partial charge in [0.05, 0.1) is 11.6 Å². The largest absolute Gasteiger partial charge is 0.487 e. The Balaban J connectivity index is 2.78. The summed E-state index contributed by atoms with van der Waals surface area (Å²) in [5, 5.41) is 3.76. The summed E-state index contributed by atoms with van der Waals surface area (Å²) in [6, 6.07) is 4.03. The van der Waals surface area contributed by atoms with Crippen LogP contribution in [0, 0.1) is 6.92 Å². The number of halogens is 3. The number of hydrogen-bond donors (Lipinski definition) is 1. The van der Waals surface area contributed by atoms with Gasteiger partial charge in [-0.1, -0.05) is 39.1 Å². The molecule has 6 heteroatoms. The molecule has 0 aromatic heterocycles. The molecule has 0 atom stereocenters. The molecule has 0 amide bonds. The van der Waals surface area contributed by atoms with E-state index in [2.05, 4.69) is 21.2 Å². The molecule has 20 heavy (non-hydrogen) atoms. The van der Waals surface area contributed by atoms with Crippen LogP contribution in [-0.4, -0.2) is 26.9 Å². The molecule has 1 N–H and O–H groups in total. The van der Waals surface area contributed by atoms with E-state index in [9.17, 15) is 0 Å². The van der Waals surface area contributed by atoms with E-state index in [4.69, 9.17) is 32.7 Å². The molecule has 0 saturated carbocycles. The quantitative estimate of drug-likeness (QED) is 0.683.